The number of hydrogen-bond acceptors (Lipinski definition) is 4. The summed E-state index contributed by atoms with van der Waals surface area (Å²) in [6.07, 6.45) is 1.07. The summed E-state index contributed by atoms with van der Waals surface area (Å²) in [5.41, 5.74) is 0. The van der Waals surface area contributed by atoms with Crippen molar-refractivity contribution in [1.82, 2.24) is 4.90 Å². The smallest absolute Gasteiger partial charge is 0.319 e. The molecule has 1 aromatic rings. The molecule has 0 spiro atoms. The Balaban J connectivity index is 1.35. The van der Waals surface area contributed by atoms with E-state index in [1.54, 1.807) is 12.1 Å². The molecule has 164 valence electrons. The van der Waals surface area contributed by atoms with Gasteiger partial charge in [-0.25, -0.2) is 17.2 Å². The van der Waals surface area contributed by atoms with Crippen molar-refractivity contribution >= 4 is 9.84 Å². The zero-order chi connectivity index (χ0) is 21.2. The first-order valence-corrected chi connectivity index (χ1v) is 11.8. The summed E-state index contributed by atoms with van der Waals surface area (Å²) in [4.78, 5) is 1.70. The maximum absolute atomic E-state index is 13.2. The minimum atomic E-state index is -3.94. The van der Waals surface area contributed by atoms with Gasteiger partial charge in [0.25, 0.3) is 0 Å². The van der Waals surface area contributed by atoms with Crippen molar-refractivity contribution in [3.05, 3.63) is 24.3 Å². The van der Waals surface area contributed by atoms with E-state index >= 15 is 0 Å². The van der Waals surface area contributed by atoms with Gasteiger partial charge in [-0.15, -0.1) is 0 Å². The summed E-state index contributed by atoms with van der Waals surface area (Å²) in [7, 11) is -3.22. The zero-order valence-corrected chi connectivity index (χ0v) is 17.2. The second-order valence-electron chi connectivity index (χ2n) is 8.22. The number of piperidine rings is 1. The van der Waals surface area contributed by atoms with Crippen LogP contribution in [-0.2, 0) is 9.84 Å². The van der Waals surface area contributed by atoms with Crippen LogP contribution in [0.3, 0.4) is 0 Å². The van der Waals surface area contributed by atoms with Gasteiger partial charge in [0.05, 0.1) is 18.0 Å². The molecule has 0 bridgehead atoms. The molecular weight excluding hydrogens is 410 g/mol. The summed E-state index contributed by atoms with van der Waals surface area (Å²) < 4.78 is 79.6. The summed E-state index contributed by atoms with van der Waals surface area (Å²) in [6.45, 7) is 0.565. The molecule has 0 aromatic heterocycles. The Morgan fingerprint density at radius 3 is 2.34 bits per heavy atom. The molecule has 1 aliphatic heterocycles. The van der Waals surface area contributed by atoms with Crippen molar-refractivity contribution < 1.29 is 30.7 Å². The van der Waals surface area contributed by atoms with Gasteiger partial charge in [-0.2, -0.15) is 8.78 Å². The summed E-state index contributed by atoms with van der Waals surface area (Å²) in [5.74, 6) is -1.74. The van der Waals surface area contributed by atoms with Crippen molar-refractivity contribution in [3.63, 3.8) is 0 Å². The Labute approximate surface area is 169 Å². The Bertz CT molecular complexity index is 777. The van der Waals surface area contributed by atoms with Crippen LogP contribution in [0, 0.1) is 17.8 Å². The molecule has 4 nitrogen and oxygen atoms in total. The molecular formula is C20H27F4NO3S. The molecule has 0 amide bonds. The zero-order valence-electron chi connectivity index (χ0n) is 16.4. The summed E-state index contributed by atoms with van der Waals surface area (Å²) in [5, 5.41) is 0. The number of nitrogens with zero attached hydrogens (tertiary/aromatic N) is 1. The fraction of sp³-hybridized carbons (Fsp3) is 0.700. The first kappa shape index (κ1) is 22.3. The first-order valence-electron chi connectivity index (χ1n) is 9.87. The van der Waals surface area contributed by atoms with Gasteiger partial charge < -0.3 is 4.74 Å². The standard InChI is InChI=1S/C20H27F4NO3S/c1-29(26,27)17-4-2-16(3-5-17)28-11-8-15-12-18(15)14-6-9-25(10-7-14)13-20(23,24)19(21)22/h2-5,14-15,18-19H,6-13H2,1H3/t15-,18-/m1/s1. The van der Waals surface area contributed by atoms with Crippen LogP contribution in [0.5, 0.6) is 5.75 Å². The van der Waals surface area contributed by atoms with E-state index in [1.807, 2.05) is 0 Å². The quantitative estimate of drug-likeness (QED) is 0.546. The fourth-order valence-electron chi connectivity index (χ4n) is 4.20. The van der Waals surface area contributed by atoms with Gasteiger partial charge in [0.2, 0.25) is 0 Å². The third kappa shape index (κ3) is 6.07. The van der Waals surface area contributed by atoms with Crippen LogP contribution >= 0.6 is 0 Å². The molecule has 1 heterocycles. The number of likely N-dealkylation sites (tertiary alicyclic amines) is 1. The molecule has 29 heavy (non-hydrogen) atoms. The second kappa shape index (κ2) is 8.79. The maximum Gasteiger partial charge on any atom is 0.319 e. The van der Waals surface area contributed by atoms with Crippen LogP contribution < -0.4 is 4.74 Å². The Morgan fingerprint density at radius 2 is 1.79 bits per heavy atom. The van der Waals surface area contributed by atoms with E-state index < -0.39 is 28.7 Å². The molecule has 3 rings (SSSR count). The first-order chi connectivity index (χ1) is 13.6. The number of ether oxygens (including phenoxy) is 1. The lowest BCUT2D eigenvalue weighted by Crippen LogP contribution is -2.45. The van der Waals surface area contributed by atoms with E-state index in [-0.39, 0.29) is 4.90 Å². The van der Waals surface area contributed by atoms with Crippen LogP contribution in [0.1, 0.15) is 25.7 Å². The van der Waals surface area contributed by atoms with E-state index in [1.165, 1.54) is 17.0 Å². The van der Waals surface area contributed by atoms with Gasteiger partial charge in [0, 0.05) is 6.26 Å². The van der Waals surface area contributed by atoms with E-state index in [4.69, 9.17) is 4.74 Å². The van der Waals surface area contributed by atoms with Crippen LogP contribution in [-0.4, -0.2) is 58.2 Å². The number of halogens is 4. The normalized spacial score (nSPS) is 24.1. The van der Waals surface area contributed by atoms with Crippen molar-refractivity contribution in [1.29, 1.82) is 0 Å². The molecule has 1 saturated heterocycles. The highest BCUT2D eigenvalue weighted by Gasteiger charge is 2.46. The minimum Gasteiger partial charge on any atom is -0.494 e. The fourth-order valence-corrected chi connectivity index (χ4v) is 4.83. The molecule has 9 heteroatoms. The Morgan fingerprint density at radius 1 is 1.17 bits per heavy atom. The Hall–Kier alpha value is -1.35. The highest BCUT2D eigenvalue weighted by atomic mass is 32.2. The van der Waals surface area contributed by atoms with Crippen molar-refractivity contribution in [2.24, 2.45) is 17.8 Å². The van der Waals surface area contributed by atoms with Crippen molar-refractivity contribution in [2.75, 3.05) is 32.5 Å². The largest absolute Gasteiger partial charge is 0.494 e. The lowest BCUT2D eigenvalue weighted by molar-refractivity contribution is -0.144. The summed E-state index contributed by atoms with van der Waals surface area (Å²) in [6, 6.07) is 6.34. The molecule has 0 N–H and O–H groups in total. The Kier molecular flexibility index (Phi) is 6.77. The molecule has 2 atom stereocenters. The van der Waals surface area contributed by atoms with E-state index in [2.05, 4.69) is 0 Å². The molecule has 2 fully saturated rings. The number of hydrogen-bond donors (Lipinski definition) is 0. The predicted molar refractivity (Wildman–Crippen MR) is 101 cm³/mol. The van der Waals surface area contributed by atoms with Crippen LogP contribution in [0.15, 0.2) is 29.2 Å². The molecule has 0 unspecified atom stereocenters. The molecule has 2 aliphatic rings. The topological polar surface area (TPSA) is 46.6 Å². The predicted octanol–water partition coefficient (Wildman–Crippen LogP) is 4.11. The highest BCUT2D eigenvalue weighted by molar-refractivity contribution is 7.90. The maximum atomic E-state index is 13.2. The van der Waals surface area contributed by atoms with Gasteiger partial charge in [-0.05, 0) is 80.8 Å². The van der Waals surface area contributed by atoms with E-state index in [0.717, 1.165) is 31.9 Å². The monoisotopic (exact) mass is 437 g/mol. The van der Waals surface area contributed by atoms with Crippen LogP contribution in [0.25, 0.3) is 0 Å². The third-order valence-corrected chi connectivity index (χ3v) is 7.11. The van der Waals surface area contributed by atoms with Gasteiger partial charge in [0.15, 0.2) is 9.84 Å². The van der Waals surface area contributed by atoms with Gasteiger partial charge in [0.1, 0.15) is 5.75 Å². The molecule has 1 saturated carbocycles. The summed E-state index contributed by atoms with van der Waals surface area (Å²) >= 11 is 0. The van der Waals surface area contributed by atoms with Crippen molar-refractivity contribution in [3.8, 4) is 5.75 Å². The lowest BCUT2D eigenvalue weighted by Gasteiger charge is -2.34. The van der Waals surface area contributed by atoms with Crippen LogP contribution in [0.2, 0.25) is 0 Å². The van der Waals surface area contributed by atoms with Gasteiger partial charge in [-0.3, -0.25) is 4.90 Å². The minimum absolute atomic E-state index is 0.254. The molecule has 1 aliphatic carbocycles. The SMILES string of the molecule is CS(=O)(=O)c1ccc(OCC[C@@H]2C[C@@H]2C2CCN(CC(F)(F)C(F)F)CC2)cc1. The van der Waals surface area contributed by atoms with Crippen molar-refractivity contribution in [2.45, 2.75) is 42.9 Å². The number of sulfone groups is 1. The third-order valence-electron chi connectivity index (χ3n) is 5.98. The lowest BCUT2D eigenvalue weighted by atomic mass is 9.90. The van der Waals surface area contributed by atoms with E-state index in [9.17, 15) is 26.0 Å². The number of benzene rings is 1. The number of rotatable bonds is 9. The highest BCUT2D eigenvalue weighted by Crippen LogP contribution is 2.49. The number of alkyl halides is 4. The van der Waals surface area contributed by atoms with Crippen LogP contribution in [0.4, 0.5) is 17.6 Å². The average Bonchev–Trinajstić information content (AvgIpc) is 3.41. The second-order valence-corrected chi connectivity index (χ2v) is 10.2. The van der Waals surface area contributed by atoms with Gasteiger partial charge >= 0.3 is 12.3 Å². The van der Waals surface area contributed by atoms with E-state index in [0.29, 0.717) is 43.2 Å². The average molecular weight is 437 g/mol. The van der Waals surface area contributed by atoms with Gasteiger partial charge in [-0.1, -0.05) is 0 Å². The molecule has 1 aromatic carbocycles. The molecule has 0 radical (unpaired) electrons.